The maximum atomic E-state index is 12.9. The minimum atomic E-state index is -1.58. The van der Waals surface area contributed by atoms with Crippen LogP contribution < -0.4 is 27.4 Å². The number of hydrogen-bond acceptors (Lipinski definition) is 7. The van der Waals surface area contributed by atoms with Gasteiger partial charge in [-0.1, -0.05) is 48.5 Å². The molecule has 0 radical (unpaired) electrons. The Kier molecular flexibility index (Phi) is 10.3. The number of carboxylic acids is 1. The average Bonchev–Trinajstić information content (AvgIpc) is 3.33. The molecule has 0 spiro atoms. The van der Waals surface area contributed by atoms with Crippen molar-refractivity contribution in [1.29, 1.82) is 0 Å². The molecule has 0 aliphatic rings. The van der Waals surface area contributed by atoms with Gasteiger partial charge in [-0.2, -0.15) is 0 Å². The summed E-state index contributed by atoms with van der Waals surface area (Å²) >= 11 is 0. The lowest BCUT2D eigenvalue weighted by molar-refractivity contribution is -0.142. The fourth-order valence-corrected chi connectivity index (χ4v) is 4.11. The number of carbonyl (C=O) groups is 5. The Morgan fingerprint density at radius 3 is 2.05 bits per heavy atom. The summed E-state index contributed by atoms with van der Waals surface area (Å²) in [6.45, 7) is -0.887. The van der Waals surface area contributed by atoms with Crippen LogP contribution in [0.5, 0.6) is 0 Å². The highest BCUT2D eigenvalue weighted by molar-refractivity contribution is 5.96. The van der Waals surface area contributed by atoms with Crippen LogP contribution in [0.15, 0.2) is 60.8 Å². The molecular weight excluding hydrogens is 520 g/mol. The van der Waals surface area contributed by atoms with E-state index < -0.39 is 66.8 Å². The smallest absolute Gasteiger partial charge is 0.326 e. The summed E-state index contributed by atoms with van der Waals surface area (Å²) in [7, 11) is 0. The number of aromatic amines is 1. The van der Waals surface area contributed by atoms with Gasteiger partial charge < -0.3 is 42.6 Å². The van der Waals surface area contributed by atoms with Gasteiger partial charge in [-0.25, -0.2) is 4.79 Å². The average molecular weight is 553 g/mol. The van der Waals surface area contributed by atoms with Gasteiger partial charge in [0.25, 0.3) is 0 Å². The third-order valence-electron chi connectivity index (χ3n) is 6.20. The van der Waals surface area contributed by atoms with Crippen molar-refractivity contribution in [2.75, 3.05) is 6.61 Å². The number of hydrogen-bond donors (Lipinski definition) is 8. The van der Waals surface area contributed by atoms with Gasteiger partial charge in [0.05, 0.1) is 19.1 Å². The zero-order chi connectivity index (χ0) is 29.2. The molecule has 212 valence electrons. The Morgan fingerprint density at radius 2 is 1.40 bits per heavy atom. The molecular formula is C27H32N6O7. The predicted molar refractivity (Wildman–Crippen MR) is 144 cm³/mol. The number of aliphatic hydroxyl groups excluding tert-OH is 1. The van der Waals surface area contributed by atoms with Crippen molar-refractivity contribution in [2.24, 2.45) is 11.5 Å². The molecule has 0 saturated heterocycles. The maximum absolute atomic E-state index is 12.9. The second kappa shape index (κ2) is 13.9. The van der Waals surface area contributed by atoms with Crippen molar-refractivity contribution in [3.8, 4) is 0 Å². The summed E-state index contributed by atoms with van der Waals surface area (Å²) in [5.41, 5.74) is 13.4. The molecule has 2 aromatic carbocycles. The molecule has 13 nitrogen and oxygen atoms in total. The van der Waals surface area contributed by atoms with Gasteiger partial charge in [-0.05, 0) is 23.6 Å². The van der Waals surface area contributed by atoms with E-state index in [4.69, 9.17) is 11.5 Å². The first kappa shape index (κ1) is 29.8. The van der Waals surface area contributed by atoms with Crippen LogP contribution in [0.2, 0.25) is 0 Å². The fraction of sp³-hybridized carbons (Fsp3) is 0.296. The second-order valence-electron chi connectivity index (χ2n) is 9.23. The lowest BCUT2D eigenvalue weighted by Crippen LogP contribution is -2.59. The van der Waals surface area contributed by atoms with E-state index in [0.717, 1.165) is 16.5 Å². The van der Waals surface area contributed by atoms with E-state index in [1.165, 1.54) is 0 Å². The molecule has 40 heavy (non-hydrogen) atoms. The zero-order valence-corrected chi connectivity index (χ0v) is 21.5. The molecule has 1 aromatic heterocycles. The first-order chi connectivity index (χ1) is 19.1. The molecule has 0 aliphatic heterocycles. The number of carboxylic acid groups (broad SMARTS) is 1. The van der Waals surface area contributed by atoms with E-state index in [-0.39, 0.29) is 12.8 Å². The highest BCUT2D eigenvalue weighted by Crippen LogP contribution is 2.19. The van der Waals surface area contributed by atoms with Gasteiger partial charge in [0.1, 0.15) is 18.1 Å². The summed E-state index contributed by atoms with van der Waals surface area (Å²) in [5, 5.41) is 27.1. The van der Waals surface area contributed by atoms with Gasteiger partial charge in [0.2, 0.25) is 23.6 Å². The van der Waals surface area contributed by atoms with Crippen LogP contribution in [0.25, 0.3) is 10.9 Å². The van der Waals surface area contributed by atoms with Crippen molar-refractivity contribution in [2.45, 2.75) is 43.4 Å². The summed E-state index contributed by atoms with van der Waals surface area (Å²) in [5.74, 6) is -4.94. The molecule has 4 atom stereocenters. The highest BCUT2D eigenvalue weighted by Gasteiger charge is 2.31. The molecule has 0 bridgehead atoms. The summed E-state index contributed by atoms with van der Waals surface area (Å²) in [6.07, 6.45) is 1.12. The number of rotatable bonds is 14. The summed E-state index contributed by atoms with van der Waals surface area (Å²) in [4.78, 5) is 64.9. The number of amides is 4. The number of carbonyl (C=O) groups excluding carboxylic acids is 4. The Labute approximate surface area is 229 Å². The number of aromatic nitrogens is 1. The molecule has 0 saturated carbocycles. The van der Waals surface area contributed by atoms with E-state index in [1.807, 2.05) is 12.1 Å². The first-order valence-electron chi connectivity index (χ1n) is 12.5. The van der Waals surface area contributed by atoms with Crippen molar-refractivity contribution in [1.82, 2.24) is 20.9 Å². The molecule has 3 aromatic rings. The Balaban J connectivity index is 1.65. The van der Waals surface area contributed by atoms with Gasteiger partial charge in [0, 0.05) is 23.5 Å². The van der Waals surface area contributed by atoms with Crippen LogP contribution in [0.4, 0.5) is 0 Å². The number of primary amides is 1. The maximum Gasteiger partial charge on any atom is 0.326 e. The van der Waals surface area contributed by atoms with E-state index in [1.54, 1.807) is 48.7 Å². The molecule has 4 amide bonds. The number of aliphatic hydroxyl groups is 1. The monoisotopic (exact) mass is 552 g/mol. The number of nitrogens with two attached hydrogens (primary N) is 2. The van der Waals surface area contributed by atoms with Crippen LogP contribution in [0.1, 0.15) is 17.5 Å². The molecule has 0 fully saturated rings. The quantitative estimate of drug-likeness (QED) is 0.119. The Hall–Kier alpha value is -4.75. The number of nitrogens with one attached hydrogen (secondary N) is 4. The third-order valence-corrected chi connectivity index (χ3v) is 6.20. The van der Waals surface area contributed by atoms with E-state index >= 15 is 0 Å². The van der Waals surface area contributed by atoms with Crippen molar-refractivity contribution in [3.05, 3.63) is 71.9 Å². The largest absolute Gasteiger partial charge is 0.480 e. The van der Waals surface area contributed by atoms with E-state index in [9.17, 15) is 34.2 Å². The van der Waals surface area contributed by atoms with Crippen LogP contribution in [0, 0.1) is 0 Å². The van der Waals surface area contributed by atoms with Crippen LogP contribution in [0.3, 0.4) is 0 Å². The van der Waals surface area contributed by atoms with Crippen molar-refractivity contribution < 1.29 is 34.2 Å². The molecule has 3 rings (SSSR count). The Morgan fingerprint density at radius 1 is 0.800 bits per heavy atom. The Bertz CT molecular complexity index is 1360. The lowest BCUT2D eigenvalue weighted by atomic mass is 10.0. The number of H-pyrrole nitrogens is 1. The van der Waals surface area contributed by atoms with Crippen LogP contribution in [-0.2, 0) is 36.8 Å². The number of fused-ring (bicyclic) bond motifs is 1. The molecule has 10 N–H and O–H groups in total. The third kappa shape index (κ3) is 8.12. The summed E-state index contributed by atoms with van der Waals surface area (Å²) < 4.78 is 0. The number of para-hydroxylation sites is 1. The molecule has 13 heteroatoms. The predicted octanol–water partition coefficient (Wildman–Crippen LogP) is -1.31. The zero-order valence-electron chi connectivity index (χ0n) is 21.5. The van der Waals surface area contributed by atoms with E-state index in [0.29, 0.717) is 5.56 Å². The van der Waals surface area contributed by atoms with Crippen molar-refractivity contribution in [3.63, 3.8) is 0 Å². The molecule has 1 heterocycles. The normalized spacial score (nSPS) is 13.9. The minimum absolute atomic E-state index is 0.0726. The van der Waals surface area contributed by atoms with Gasteiger partial charge in [-0.15, -0.1) is 0 Å². The van der Waals surface area contributed by atoms with E-state index in [2.05, 4.69) is 20.9 Å². The van der Waals surface area contributed by atoms with Gasteiger partial charge in [-0.3, -0.25) is 19.2 Å². The van der Waals surface area contributed by atoms with Gasteiger partial charge >= 0.3 is 5.97 Å². The lowest BCUT2D eigenvalue weighted by Gasteiger charge is -2.24. The van der Waals surface area contributed by atoms with Gasteiger partial charge in [0.15, 0.2) is 0 Å². The molecule has 4 unspecified atom stereocenters. The van der Waals surface area contributed by atoms with Crippen molar-refractivity contribution >= 4 is 40.5 Å². The SMILES string of the molecule is NC(=O)CC(NC(=O)C(N)Cc1ccccc1)C(=O)NC(CO)C(=O)NC(Cc1c[nH]c2ccccc12)C(=O)O. The minimum Gasteiger partial charge on any atom is -0.480 e. The second-order valence-corrected chi connectivity index (χ2v) is 9.23. The first-order valence-corrected chi connectivity index (χ1v) is 12.5. The van der Waals surface area contributed by atoms with Crippen LogP contribution in [-0.4, -0.2) is 75.6 Å². The standard InChI is InChI=1S/C27H32N6O7/c28-18(10-15-6-2-1-3-7-15)24(36)31-20(12-23(29)35)25(37)33-22(14-34)26(38)32-21(27(39)40)11-16-13-30-19-9-5-4-8-17(16)19/h1-9,13,18,20-22,30,34H,10-12,14,28H2,(H2,29,35)(H,31,36)(H,32,38)(H,33,37)(H,39,40). The molecule has 0 aliphatic carbocycles. The summed E-state index contributed by atoms with van der Waals surface area (Å²) in [6, 6.07) is 10.6. The number of benzene rings is 2. The fourth-order valence-electron chi connectivity index (χ4n) is 4.11. The van der Waals surface area contributed by atoms with Crippen LogP contribution >= 0.6 is 0 Å². The highest BCUT2D eigenvalue weighted by atomic mass is 16.4. The number of aliphatic carboxylic acids is 1. The topological polar surface area (TPSA) is 230 Å².